The third-order valence-corrected chi connectivity index (χ3v) is 8.35. The smallest absolute Gasteiger partial charge is 0.243 e. The maximum Gasteiger partial charge on any atom is 0.243 e. The topological polar surface area (TPSA) is 103 Å². The summed E-state index contributed by atoms with van der Waals surface area (Å²) in [5.41, 5.74) is -0.0267. The molecule has 0 radical (unpaired) electrons. The Morgan fingerprint density at radius 3 is 2.47 bits per heavy atom. The molecule has 2 heterocycles. The molecule has 1 aliphatic carbocycles. The number of hydrogen-bond donors (Lipinski definition) is 4. The number of nitrogens with zero attached hydrogens (tertiary/aromatic N) is 1. The van der Waals surface area contributed by atoms with Crippen molar-refractivity contribution < 1.29 is 23.2 Å². The van der Waals surface area contributed by atoms with Gasteiger partial charge in [-0.25, -0.2) is 8.78 Å². The van der Waals surface area contributed by atoms with Gasteiger partial charge < -0.3 is 15.5 Å². The highest BCUT2D eigenvalue weighted by Crippen LogP contribution is 2.32. The summed E-state index contributed by atoms with van der Waals surface area (Å²) in [5.74, 6) is -1.05. The lowest BCUT2D eigenvalue weighted by molar-refractivity contribution is -0.138. The maximum atomic E-state index is 14.5. The number of carbonyl (C=O) groups excluding carboxylic acids is 3. The molecule has 0 spiro atoms. The predicted molar refractivity (Wildman–Crippen MR) is 144 cm³/mol. The van der Waals surface area contributed by atoms with E-state index in [-0.39, 0.29) is 66.7 Å². The summed E-state index contributed by atoms with van der Waals surface area (Å²) in [6, 6.07) is -1.37. The number of likely N-dealkylation sites (tertiary alicyclic amines) is 1. The number of amides is 3. The third-order valence-electron chi connectivity index (χ3n) is 8.35. The number of piperidine rings is 1. The van der Waals surface area contributed by atoms with E-state index in [1.54, 1.807) is 0 Å². The minimum atomic E-state index is -1.18. The van der Waals surface area contributed by atoms with Gasteiger partial charge in [-0.2, -0.15) is 0 Å². The molecule has 2 saturated heterocycles. The fourth-order valence-corrected chi connectivity index (χ4v) is 5.88. The molecular formula is C28H49F2N5O3. The van der Waals surface area contributed by atoms with E-state index in [4.69, 9.17) is 0 Å². The SMILES string of the molecule is C[C@H](NC(=O)[C@H](CC(=O)N1CCCC[C@@H]1C)NC(=O)CCC(C)(C)C)C1NCC(C2CCC(F)CC2F)N1. The first kappa shape index (κ1) is 30.7. The number of hydrogen-bond acceptors (Lipinski definition) is 5. The van der Waals surface area contributed by atoms with Gasteiger partial charge in [0, 0.05) is 43.9 Å². The standard InChI is InChI=1S/C28H49F2N5O3/c1-17-8-6-7-13-35(17)25(37)15-22(33-24(36)11-12-28(3,4)5)27(38)32-18(2)26-31-16-23(34-26)20-10-9-19(29)14-21(20)30/h17-23,26,31,34H,6-16H2,1-5H3,(H,32,38)(H,33,36)/t17-,18-,19?,20?,21?,22-,23?,26?/m0/s1. The van der Waals surface area contributed by atoms with Gasteiger partial charge in [-0.3, -0.25) is 25.0 Å². The zero-order valence-corrected chi connectivity index (χ0v) is 23.8. The summed E-state index contributed by atoms with van der Waals surface area (Å²) in [4.78, 5) is 41.1. The second-order valence-electron chi connectivity index (χ2n) is 12.9. The first-order valence-electron chi connectivity index (χ1n) is 14.5. The first-order chi connectivity index (χ1) is 17.8. The summed E-state index contributed by atoms with van der Waals surface area (Å²) in [5, 5.41) is 12.5. The van der Waals surface area contributed by atoms with Crippen LogP contribution >= 0.6 is 0 Å². The monoisotopic (exact) mass is 541 g/mol. The van der Waals surface area contributed by atoms with Gasteiger partial charge in [-0.15, -0.1) is 0 Å². The van der Waals surface area contributed by atoms with E-state index in [1.807, 2.05) is 18.7 Å². The quantitative estimate of drug-likeness (QED) is 0.360. The number of halogens is 2. The number of carbonyl (C=O) groups is 3. The molecule has 10 heteroatoms. The maximum absolute atomic E-state index is 14.5. The Kier molecular flexibility index (Phi) is 10.9. The molecule has 0 bridgehead atoms. The average molecular weight is 542 g/mol. The lowest BCUT2D eigenvalue weighted by atomic mass is 9.82. The molecular weight excluding hydrogens is 492 g/mol. The van der Waals surface area contributed by atoms with Crippen molar-refractivity contribution in [1.82, 2.24) is 26.2 Å². The van der Waals surface area contributed by atoms with Crippen molar-refractivity contribution in [3.8, 4) is 0 Å². The molecule has 3 rings (SSSR count). The normalized spacial score (nSPS) is 31.9. The predicted octanol–water partition coefficient (Wildman–Crippen LogP) is 2.96. The van der Waals surface area contributed by atoms with Crippen LogP contribution in [0.1, 0.15) is 92.4 Å². The van der Waals surface area contributed by atoms with Crippen molar-refractivity contribution in [2.24, 2.45) is 11.3 Å². The van der Waals surface area contributed by atoms with Crippen LogP contribution in [0.25, 0.3) is 0 Å². The third kappa shape index (κ3) is 8.86. The van der Waals surface area contributed by atoms with Crippen LogP contribution in [-0.4, -0.2) is 78.4 Å². The Hall–Kier alpha value is -1.81. The molecule has 38 heavy (non-hydrogen) atoms. The van der Waals surface area contributed by atoms with Crippen molar-refractivity contribution in [3.05, 3.63) is 0 Å². The van der Waals surface area contributed by atoms with Crippen LogP contribution in [-0.2, 0) is 14.4 Å². The van der Waals surface area contributed by atoms with E-state index in [0.29, 0.717) is 32.4 Å². The molecule has 3 fully saturated rings. The van der Waals surface area contributed by atoms with Gasteiger partial charge in [-0.1, -0.05) is 20.8 Å². The summed E-state index contributed by atoms with van der Waals surface area (Å²) in [7, 11) is 0. The molecule has 3 aliphatic rings. The number of rotatable bonds is 9. The lowest BCUT2D eigenvalue weighted by Crippen LogP contribution is -2.57. The van der Waals surface area contributed by atoms with Gasteiger partial charge in [-0.05, 0) is 57.8 Å². The summed E-state index contributed by atoms with van der Waals surface area (Å²) < 4.78 is 28.1. The van der Waals surface area contributed by atoms with Crippen molar-refractivity contribution in [3.63, 3.8) is 0 Å². The fourth-order valence-electron chi connectivity index (χ4n) is 5.88. The van der Waals surface area contributed by atoms with E-state index in [2.05, 4.69) is 42.0 Å². The van der Waals surface area contributed by atoms with Crippen molar-refractivity contribution in [2.45, 2.75) is 135 Å². The highest BCUT2D eigenvalue weighted by molar-refractivity contribution is 5.92. The Labute approximate surface area is 226 Å². The van der Waals surface area contributed by atoms with Crippen LogP contribution in [0, 0.1) is 11.3 Å². The molecule has 8 nitrogen and oxygen atoms in total. The summed E-state index contributed by atoms with van der Waals surface area (Å²) in [6.45, 7) is 11.2. The van der Waals surface area contributed by atoms with Crippen LogP contribution < -0.4 is 21.3 Å². The minimum Gasteiger partial charge on any atom is -0.349 e. The van der Waals surface area contributed by atoms with Gasteiger partial charge in [0.2, 0.25) is 17.7 Å². The molecule has 4 N–H and O–H groups in total. The Bertz CT molecular complexity index is 823. The van der Waals surface area contributed by atoms with Crippen LogP contribution in [0.2, 0.25) is 0 Å². The van der Waals surface area contributed by atoms with E-state index >= 15 is 0 Å². The van der Waals surface area contributed by atoms with Crippen molar-refractivity contribution in [2.75, 3.05) is 13.1 Å². The first-order valence-corrected chi connectivity index (χ1v) is 14.5. The molecule has 0 aromatic heterocycles. The Morgan fingerprint density at radius 2 is 1.82 bits per heavy atom. The Morgan fingerprint density at radius 1 is 1.08 bits per heavy atom. The highest BCUT2D eigenvalue weighted by atomic mass is 19.1. The van der Waals surface area contributed by atoms with Gasteiger partial charge >= 0.3 is 0 Å². The van der Waals surface area contributed by atoms with E-state index < -0.39 is 24.3 Å². The largest absolute Gasteiger partial charge is 0.349 e. The fraction of sp³-hybridized carbons (Fsp3) is 0.893. The highest BCUT2D eigenvalue weighted by Gasteiger charge is 2.40. The summed E-state index contributed by atoms with van der Waals surface area (Å²) in [6.07, 6.45) is 2.07. The van der Waals surface area contributed by atoms with Crippen LogP contribution in [0.3, 0.4) is 0 Å². The summed E-state index contributed by atoms with van der Waals surface area (Å²) >= 11 is 0. The molecule has 3 amide bonds. The second-order valence-corrected chi connectivity index (χ2v) is 12.9. The number of nitrogens with one attached hydrogen (secondary N) is 4. The van der Waals surface area contributed by atoms with Crippen LogP contribution in [0.4, 0.5) is 8.78 Å². The lowest BCUT2D eigenvalue weighted by Gasteiger charge is -2.34. The zero-order valence-electron chi connectivity index (χ0n) is 23.8. The minimum absolute atomic E-state index is 0.0267. The van der Waals surface area contributed by atoms with Crippen molar-refractivity contribution in [1.29, 1.82) is 0 Å². The molecule has 218 valence electrons. The molecule has 8 atom stereocenters. The van der Waals surface area contributed by atoms with E-state index in [9.17, 15) is 23.2 Å². The second kappa shape index (κ2) is 13.5. The van der Waals surface area contributed by atoms with E-state index in [0.717, 1.165) is 19.3 Å². The molecule has 1 saturated carbocycles. The van der Waals surface area contributed by atoms with Gasteiger partial charge in [0.05, 0.1) is 18.6 Å². The number of alkyl halides is 2. The van der Waals surface area contributed by atoms with Gasteiger partial charge in [0.15, 0.2) is 0 Å². The van der Waals surface area contributed by atoms with E-state index in [1.165, 1.54) is 0 Å². The van der Waals surface area contributed by atoms with Gasteiger partial charge in [0.1, 0.15) is 18.4 Å². The van der Waals surface area contributed by atoms with Crippen molar-refractivity contribution >= 4 is 17.7 Å². The van der Waals surface area contributed by atoms with Crippen LogP contribution in [0.5, 0.6) is 0 Å². The molecule has 0 aromatic rings. The molecule has 0 aromatic carbocycles. The average Bonchev–Trinajstić information content (AvgIpc) is 3.32. The molecule has 5 unspecified atom stereocenters. The Balaban J connectivity index is 1.60. The van der Waals surface area contributed by atoms with Gasteiger partial charge in [0.25, 0.3) is 0 Å². The molecule has 2 aliphatic heterocycles. The van der Waals surface area contributed by atoms with Crippen LogP contribution in [0.15, 0.2) is 0 Å². The zero-order chi connectivity index (χ0) is 28.0.